The van der Waals surface area contributed by atoms with Crippen LogP contribution in [-0.4, -0.2) is 54.0 Å². The minimum absolute atomic E-state index is 0.0120. The number of aliphatic imine (C=N–C) groups is 1. The van der Waals surface area contributed by atoms with E-state index in [0.29, 0.717) is 24.6 Å². The Balaban J connectivity index is 1.58. The minimum atomic E-state index is -0.287. The fourth-order valence-electron chi connectivity index (χ4n) is 4.14. The van der Waals surface area contributed by atoms with Crippen LogP contribution in [0.5, 0.6) is 0 Å². The van der Waals surface area contributed by atoms with E-state index in [-0.39, 0.29) is 23.9 Å². The number of halogens is 1. The standard InChI is InChI=1S/C24H24FN3O2/c1-30-16-15-27-21-6-4-7-22(21)28(24(27)29)23-8-3-2-5-19(17-26-23)10-9-18-11-13-20(25)14-12-18/h2-3,5,8,11-14,17,21-22H,4,6-7,15-16H2,1H3/b3-2?,5-2+,8-3?,19-5?,19-17+,23-8?,26-17?,26-23?/t21-,22+/m0/s1. The van der Waals surface area contributed by atoms with Gasteiger partial charge in [-0.25, -0.2) is 14.2 Å². The van der Waals surface area contributed by atoms with Crippen LogP contribution in [0.15, 0.2) is 65.3 Å². The number of hydrogen-bond acceptors (Lipinski definition) is 3. The first-order chi connectivity index (χ1) is 14.7. The molecule has 154 valence electrons. The second kappa shape index (κ2) is 9.10. The summed E-state index contributed by atoms with van der Waals surface area (Å²) in [6, 6.07) is 6.40. The van der Waals surface area contributed by atoms with Gasteiger partial charge in [-0.05, 0) is 55.7 Å². The van der Waals surface area contributed by atoms with E-state index in [1.165, 1.54) is 12.1 Å². The van der Waals surface area contributed by atoms with Gasteiger partial charge in [0, 0.05) is 31.0 Å². The Bertz CT molecular complexity index is 982. The number of fused-ring (bicyclic) bond motifs is 1. The molecule has 0 N–H and O–H groups in total. The zero-order valence-electron chi connectivity index (χ0n) is 16.9. The number of hydrogen-bond donors (Lipinski definition) is 0. The van der Waals surface area contributed by atoms with E-state index in [1.807, 2.05) is 34.1 Å². The molecule has 0 unspecified atom stereocenters. The van der Waals surface area contributed by atoms with E-state index in [0.717, 1.165) is 24.8 Å². The average molecular weight is 405 g/mol. The number of methoxy groups -OCH3 is 1. The Labute approximate surface area is 176 Å². The summed E-state index contributed by atoms with van der Waals surface area (Å²) in [5, 5.41) is 0. The van der Waals surface area contributed by atoms with Crippen molar-refractivity contribution >= 4 is 11.9 Å². The van der Waals surface area contributed by atoms with E-state index < -0.39 is 0 Å². The van der Waals surface area contributed by atoms with Crippen molar-refractivity contribution in [1.82, 2.24) is 9.80 Å². The highest BCUT2D eigenvalue weighted by Gasteiger charge is 2.49. The van der Waals surface area contributed by atoms with Gasteiger partial charge in [0.15, 0.2) is 0 Å². The molecule has 0 radical (unpaired) electrons. The van der Waals surface area contributed by atoms with Crippen LogP contribution in [0.1, 0.15) is 24.8 Å². The molecule has 30 heavy (non-hydrogen) atoms. The minimum Gasteiger partial charge on any atom is -0.383 e. The Hall–Kier alpha value is -3.17. The summed E-state index contributed by atoms with van der Waals surface area (Å²) >= 11 is 0. The molecule has 0 spiro atoms. The van der Waals surface area contributed by atoms with Gasteiger partial charge in [0.25, 0.3) is 0 Å². The predicted octanol–water partition coefficient (Wildman–Crippen LogP) is 3.89. The molecular weight excluding hydrogens is 381 g/mol. The maximum absolute atomic E-state index is 13.1. The summed E-state index contributed by atoms with van der Waals surface area (Å²) in [7, 11) is 1.65. The number of carbonyl (C=O) groups is 1. The summed E-state index contributed by atoms with van der Waals surface area (Å²) in [6.07, 6.45) is 12.3. The van der Waals surface area contributed by atoms with E-state index in [1.54, 1.807) is 25.4 Å². The third-order valence-corrected chi connectivity index (χ3v) is 5.57. The summed E-state index contributed by atoms with van der Waals surface area (Å²) < 4.78 is 18.2. The second-order valence-corrected chi connectivity index (χ2v) is 7.45. The molecule has 2 aliphatic heterocycles. The van der Waals surface area contributed by atoms with Gasteiger partial charge < -0.3 is 9.64 Å². The monoisotopic (exact) mass is 405 g/mol. The summed E-state index contributed by atoms with van der Waals surface area (Å²) in [4.78, 5) is 21.5. The topological polar surface area (TPSA) is 45.1 Å². The quantitative estimate of drug-likeness (QED) is 0.717. The first kappa shape index (κ1) is 20.1. The molecule has 5 nitrogen and oxygen atoms in total. The number of benzene rings is 1. The summed E-state index contributed by atoms with van der Waals surface area (Å²) in [5.74, 6) is 6.42. The van der Waals surface area contributed by atoms with E-state index >= 15 is 0 Å². The predicted molar refractivity (Wildman–Crippen MR) is 114 cm³/mol. The molecule has 6 heteroatoms. The number of ether oxygens (including phenoxy) is 1. The Morgan fingerprint density at radius 3 is 2.70 bits per heavy atom. The van der Waals surface area contributed by atoms with Gasteiger partial charge in [-0.3, -0.25) is 4.90 Å². The molecule has 1 aromatic rings. The zero-order valence-corrected chi connectivity index (χ0v) is 16.9. The number of carbonyl (C=O) groups excluding carboxylic acids is 1. The lowest BCUT2D eigenvalue weighted by Crippen LogP contribution is -2.39. The van der Waals surface area contributed by atoms with Crippen molar-refractivity contribution in [2.75, 3.05) is 20.3 Å². The van der Waals surface area contributed by atoms with Crippen LogP contribution in [0.25, 0.3) is 0 Å². The number of nitrogens with zero attached hydrogens (tertiary/aromatic N) is 3. The van der Waals surface area contributed by atoms with Crippen molar-refractivity contribution in [3.63, 3.8) is 0 Å². The van der Waals surface area contributed by atoms with Gasteiger partial charge in [0.1, 0.15) is 11.7 Å². The fourth-order valence-corrected chi connectivity index (χ4v) is 4.14. The number of amidine groups is 1. The first-order valence-electron chi connectivity index (χ1n) is 10.2. The van der Waals surface area contributed by atoms with Gasteiger partial charge in [0.05, 0.1) is 18.7 Å². The third-order valence-electron chi connectivity index (χ3n) is 5.57. The molecular formula is C24H24FN3O2. The van der Waals surface area contributed by atoms with Crippen LogP contribution < -0.4 is 0 Å². The van der Waals surface area contributed by atoms with Crippen LogP contribution >= 0.6 is 0 Å². The van der Waals surface area contributed by atoms with Crippen LogP contribution in [0.4, 0.5) is 9.18 Å². The molecule has 1 aliphatic carbocycles. The molecule has 1 saturated carbocycles. The van der Waals surface area contributed by atoms with E-state index in [9.17, 15) is 9.18 Å². The molecule has 2 heterocycles. The van der Waals surface area contributed by atoms with Crippen molar-refractivity contribution in [1.29, 1.82) is 0 Å². The third kappa shape index (κ3) is 4.22. The van der Waals surface area contributed by atoms with Gasteiger partial charge >= 0.3 is 6.03 Å². The van der Waals surface area contributed by atoms with E-state index in [4.69, 9.17) is 4.74 Å². The Morgan fingerprint density at radius 1 is 1.13 bits per heavy atom. The molecule has 2 atom stereocenters. The van der Waals surface area contributed by atoms with Crippen LogP contribution in [-0.2, 0) is 4.74 Å². The smallest absolute Gasteiger partial charge is 0.326 e. The fraction of sp³-hybridized carbons (Fsp3) is 0.333. The SMILES string of the molecule is COCCN1C(=O)N(C2=N/C=C(C#Cc3ccc(F)cc3)\C=C\C=C2)[C@@H]2CCC[C@@H]21. The molecule has 0 bridgehead atoms. The highest BCUT2D eigenvalue weighted by atomic mass is 19.1. The van der Waals surface area contributed by atoms with Gasteiger partial charge in [-0.1, -0.05) is 24.0 Å². The van der Waals surface area contributed by atoms with Crippen LogP contribution in [0.3, 0.4) is 0 Å². The molecule has 2 fully saturated rings. The maximum Gasteiger partial charge on any atom is 0.326 e. The Morgan fingerprint density at radius 2 is 1.90 bits per heavy atom. The van der Waals surface area contributed by atoms with Crippen molar-refractivity contribution in [2.45, 2.75) is 31.3 Å². The highest BCUT2D eigenvalue weighted by Crippen LogP contribution is 2.36. The molecule has 2 amide bonds. The first-order valence-corrected chi connectivity index (χ1v) is 10.2. The number of rotatable bonds is 3. The number of urea groups is 1. The maximum atomic E-state index is 13.1. The highest BCUT2D eigenvalue weighted by molar-refractivity contribution is 6.06. The van der Waals surface area contributed by atoms with Crippen LogP contribution in [0, 0.1) is 17.7 Å². The summed E-state index contributed by atoms with van der Waals surface area (Å²) in [5.41, 5.74) is 1.44. The van der Waals surface area contributed by atoms with Gasteiger partial charge in [-0.2, -0.15) is 0 Å². The molecule has 4 rings (SSSR count). The zero-order chi connectivity index (χ0) is 20.9. The normalized spacial score (nSPS) is 25.6. The summed E-state index contributed by atoms with van der Waals surface area (Å²) in [6.45, 7) is 1.12. The van der Waals surface area contributed by atoms with Crippen molar-refractivity contribution < 1.29 is 13.9 Å². The molecule has 1 aromatic carbocycles. The van der Waals surface area contributed by atoms with Gasteiger partial charge in [0.2, 0.25) is 0 Å². The Kier molecular flexibility index (Phi) is 6.10. The number of amides is 2. The van der Waals surface area contributed by atoms with E-state index in [2.05, 4.69) is 16.8 Å². The van der Waals surface area contributed by atoms with Crippen LogP contribution in [0.2, 0.25) is 0 Å². The molecule has 3 aliphatic rings. The largest absolute Gasteiger partial charge is 0.383 e. The second-order valence-electron chi connectivity index (χ2n) is 7.45. The average Bonchev–Trinajstić information content (AvgIpc) is 3.29. The molecule has 1 saturated heterocycles. The lowest BCUT2D eigenvalue weighted by Gasteiger charge is -2.22. The van der Waals surface area contributed by atoms with Crippen molar-refractivity contribution in [3.05, 3.63) is 71.7 Å². The van der Waals surface area contributed by atoms with Gasteiger partial charge in [-0.15, -0.1) is 0 Å². The van der Waals surface area contributed by atoms with Crippen molar-refractivity contribution in [3.8, 4) is 11.8 Å². The lowest BCUT2D eigenvalue weighted by molar-refractivity contribution is 0.145. The molecule has 0 aromatic heterocycles. The van der Waals surface area contributed by atoms with Crippen molar-refractivity contribution in [2.24, 2.45) is 4.99 Å². The number of allylic oxidation sites excluding steroid dienone is 4. The lowest BCUT2D eigenvalue weighted by atomic mass is 10.1.